The van der Waals surface area contributed by atoms with Gasteiger partial charge in [0.15, 0.2) is 6.10 Å². The lowest BCUT2D eigenvalue weighted by molar-refractivity contribution is -0.127. The zero-order valence-electron chi connectivity index (χ0n) is 17.9. The molecule has 8 nitrogen and oxygen atoms in total. The summed E-state index contributed by atoms with van der Waals surface area (Å²) >= 11 is 0. The second-order valence-electron chi connectivity index (χ2n) is 7.88. The standard InChI is InChI=1S/C23H25N3O5S/c1-16-3-5-18(6-4-16)7-10-22(27)25-11-13-26(14-12-25)32(29,30)19-8-9-21-20(15-19)24-23(28)17(2)31-21/h3-10,15,17H,11-14H2,1-2H3,(H,24,28)/b10-7+/t17-/m1/s1. The van der Waals surface area contributed by atoms with Crippen LogP contribution in [0.4, 0.5) is 5.69 Å². The second kappa shape index (κ2) is 8.76. The number of benzene rings is 2. The lowest BCUT2D eigenvalue weighted by Crippen LogP contribution is -2.50. The first-order valence-electron chi connectivity index (χ1n) is 10.4. The number of sulfonamides is 1. The Labute approximate surface area is 187 Å². The summed E-state index contributed by atoms with van der Waals surface area (Å²) in [6, 6.07) is 12.3. The molecule has 168 valence electrons. The largest absolute Gasteiger partial charge is 0.479 e. The lowest BCUT2D eigenvalue weighted by Gasteiger charge is -2.33. The number of nitrogens with one attached hydrogen (secondary N) is 1. The molecule has 4 rings (SSSR count). The lowest BCUT2D eigenvalue weighted by atomic mass is 10.1. The van der Waals surface area contributed by atoms with E-state index in [-0.39, 0.29) is 29.8 Å². The summed E-state index contributed by atoms with van der Waals surface area (Å²) in [7, 11) is -3.76. The minimum absolute atomic E-state index is 0.0775. The van der Waals surface area contributed by atoms with Crippen molar-refractivity contribution in [2.75, 3.05) is 31.5 Å². The predicted molar refractivity (Wildman–Crippen MR) is 121 cm³/mol. The van der Waals surface area contributed by atoms with Gasteiger partial charge in [-0.1, -0.05) is 29.8 Å². The molecule has 2 aromatic carbocycles. The monoisotopic (exact) mass is 455 g/mol. The van der Waals surface area contributed by atoms with Crippen LogP contribution in [0, 0.1) is 6.92 Å². The van der Waals surface area contributed by atoms with Crippen molar-refractivity contribution >= 4 is 33.6 Å². The maximum Gasteiger partial charge on any atom is 0.265 e. The maximum atomic E-state index is 13.1. The number of amides is 2. The minimum Gasteiger partial charge on any atom is -0.479 e. The van der Waals surface area contributed by atoms with Gasteiger partial charge in [0.25, 0.3) is 5.91 Å². The Hall–Kier alpha value is -3.17. The summed E-state index contributed by atoms with van der Waals surface area (Å²) in [5, 5.41) is 2.67. The molecular weight excluding hydrogens is 430 g/mol. The van der Waals surface area contributed by atoms with Gasteiger partial charge in [-0.05, 0) is 43.7 Å². The molecule has 1 saturated heterocycles. The Morgan fingerprint density at radius 3 is 2.47 bits per heavy atom. The highest BCUT2D eigenvalue weighted by Gasteiger charge is 2.31. The van der Waals surface area contributed by atoms with Gasteiger partial charge in [0.2, 0.25) is 15.9 Å². The molecule has 1 fully saturated rings. The summed E-state index contributed by atoms with van der Waals surface area (Å²) in [4.78, 5) is 26.1. The van der Waals surface area contributed by atoms with E-state index in [9.17, 15) is 18.0 Å². The van der Waals surface area contributed by atoms with Gasteiger partial charge in [-0.25, -0.2) is 8.42 Å². The van der Waals surface area contributed by atoms with Gasteiger partial charge in [-0.3, -0.25) is 9.59 Å². The average Bonchev–Trinajstić information content (AvgIpc) is 2.79. The van der Waals surface area contributed by atoms with Gasteiger partial charge in [-0.15, -0.1) is 0 Å². The molecule has 9 heteroatoms. The summed E-state index contributed by atoms with van der Waals surface area (Å²) in [5.41, 5.74) is 2.42. The van der Waals surface area contributed by atoms with Crippen molar-refractivity contribution in [2.45, 2.75) is 24.8 Å². The second-order valence-corrected chi connectivity index (χ2v) is 9.82. The van der Waals surface area contributed by atoms with E-state index in [1.165, 1.54) is 22.5 Å². The van der Waals surface area contributed by atoms with Crippen molar-refractivity contribution < 1.29 is 22.7 Å². The minimum atomic E-state index is -3.76. The third kappa shape index (κ3) is 4.53. The molecule has 2 aliphatic heterocycles. The van der Waals surface area contributed by atoms with Crippen molar-refractivity contribution in [1.82, 2.24) is 9.21 Å². The van der Waals surface area contributed by atoms with Crippen LogP contribution in [-0.2, 0) is 19.6 Å². The molecule has 0 unspecified atom stereocenters. The number of aryl methyl sites for hydroxylation is 1. The molecule has 2 aliphatic rings. The normalized spacial score (nSPS) is 19.4. The van der Waals surface area contributed by atoms with Crippen molar-refractivity contribution in [3.8, 4) is 5.75 Å². The van der Waals surface area contributed by atoms with E-state index in [2.05, 4.69) is 5.32 Å². The number of rotatable bonds is 4. The fraction of sp³-hybridized carbons (Fsp3) is 0.304. The number of ether oxygens (including phenoxy) is 1. The summed E-state index contributed by atoms with van der Waals surface area (Å²) in [5.74, 6) is -0.0323. The van der Waals surface area contributed by atoms with E-state index in [0.717, 1.165) is 11.1 Å². The molecule has 0 radical (unpaired) electrons. The van der Waals surface area contributed by atoms with Crippen molar-refractivity contribution in [3.63, 3.8) is 0 Å². The Kier molecular flexibility index (Phi) is 6.03. The molecular formula is C23H25N3O5S. The molecule has 2 amide bonds. The van der Waals surface area contributed by atoms with Gasteiger partial charge >= 0.3 is 0 Å². The van der Waals surface area contributed by atoms with Crippen LogP contribution in [0.5, 0.6) is 5.75 Å². The fourth-order valence-electron chi connectivity index (χ4n) is 3.60. The van der Waals surface area contributed by atoms with Crippen molar-refractivity contribution in [2.24, 2.45) is 0 Å². The SMILES string of the molecule is Cc1ccc(/C=C/C(=O)N2CCN(S(=O)(=O)c3ccc4c(c3)NC(=O)[C@@H](C)O4)CC2)cc1. The molecule has 1 N–H and O–H groups in total. The van der Waals surface area contributed by atoms with E-state index in [1.807, 2.05) is 31.2 Å². The number of piperazine rings is 1. The zero-order valence-corrected chi connectivity index (χ0v) is 18.8. The Bertz CT molecular complexity index is 1170. The van der Waals surface area contributed by atoms with Gasteiger partial charge in [0.05, 0.1) is 10.6 Å². The van der Waals surface area contributed by atoms with Crippen LogP contribution in [0.1, 0.15) is 18.1 Å². The molecule has 2 aromatic rings. The van der Waals surface area contributed by atoms with Crippen LogP contribution < -0.4 is 10.1 Å². The van der Waals surface area contributed by atoms with Gasteiger partial charge in [-0.2, -0.15) is 4.31 Å². The smallest absolute Gasteiger partial charge is 0.265 e. The highest BCUT2D eigenvalue weighted by molar-refractivity contribution is 7.89. The molecule has 1 atom stereocenters. The Morgan fingerprint density at radius 1 is 1.09 bits per heavy atom. The summed E-state index contributed by atoms with van der Waals surface area (Å²) < 4.78 is 33.0. The van der Waals surface area contributed by atoms with Crippen LogP contribution in [0.2, 0.25) is 0 Å². The number of carbonyl (C=O) groups is 2. The molecule has 0 aliphatic carbocycles. The van der Waals surface area contributed by atoms with Crippen molar-refractivity contribution in [3.05, 3.63) is 59.7 Å². The van der Waals surface area contributed by atoms with Crippen LogP contribution >= 0.6 is 0 Å². The quantitative estimate of drug-likeness (QED) is 0.714. The van der Waals surface area contributed by atoms with Gasteiger partial charge < -0.3 is 15.0 Å². The van der Waals surface area contributed by atoms with E-state index < -0.39 is 16.1 Å². The number of anilines is 1. The Morgan fingerprint density at radius 2 is 1.78 bits per heavy atom. The third-order valence-corrected chi connectivity index (χ3v) is 7.46. The molecule has 2 heterocycles. The van der Waals surface area contributed by atoms with Crippen LogP contribution in [0.3, 0.4) is 0 Å². The maximum absolute atomic E-state index is 13.1. The van der Waals surface area contributed by atoms with Crippen LogP contribution in [0.25, 0.3) is 6.08 Å². The molecule has 0 spiro atoms. The van der Waals surface area contributed by atoms with Crippen molar-refractivity contribution in [1.29, 1.82) is 0 Å². The number of fused-ring (bicyclic) bond motifs is 1. The first kappa shape index (κ1) is 22.0. The molecule has 0 saturated carbocycles. The number of hydrogen-bond acceptors (Lipinski definition) is 5. The highest BCUT2D eigenvalue weighted by atomic mass is 32.2. The molecule has 0 bridgehead atoms. The predicted octanol–water partition coefficient (Wildman–Crippen LogP) is 2.26. The highest BCUT2D eigenvalue weighted by Crippen LogP contribution is 2.32. The Balaban J connectivity index is 1.40. The average molecular weight is 456 g/mol. The van der Waals surface area contributed by atoms with E-state index in [1.54, 1.807) is 24.0 Å². The van der Waals surface area contributed by atoms with Gasteiger partial charge in [0, 0.05) is 32.3 Å². The van der Waals surface area contributed by atoms with E-state index in [4.69, 9.17) is 4.74 Å². The number of nitrogens with zero attached hydrogens (tertiary/aromatic N) is 2. The van der Waals surface area contributed by atoms with E-state index in [0.29, 0.717) is 24.5 Å². The van der Waals surface area contributed by atoms with Crippen LogP contribution in [0.15, 0.2) is 53.4 Å². The summed E-state index contributed by atoms with van der Waals surface area (Å²) in [6.07, 6.45) is 2.65. The molecule has 32 heavy (non-hydrogen) atoms. The van der Waals surface area contributed by atoms with Crippen LogP contribution in [-0.4, -0.2) is 61.7 Å². The molecule has 0 aromatic heterocycles. The van der Waals surface area contributed by atoms with E-state index >= 15 is 0 Å². The van der Waals surface area contributed by atoms with Gasteiger partial charge in [0.1, 0.15) is 5.75 Å². The fourth-order valence-corrected chi connectivity index (χ4v) is 5.05. The topological polar surface area (TPSA) is 96.0 Å². The zero-order chi connectivity index (χ0) is 22.9. The first-order chi connectivity index (χ1) is 15.2. The summed E-state index contributed by atoms with van der Waals surface area (Å²) in [6.45, 7) is 4.63. The first-order valence-corrected chi connectivity index (χ1v) is 11.8. The number of hydrogen-bond donors (Lipinski definition) is 1. The third-order valence-electron chi connectivity index (χ3n) is 5.57. The number of carbonyl (C=O) groups excluding carboxylic acids is 2.